The zero-order valence-corrected chi connectivity index (χ0v) is 10.6. The molecule has 0 radical (unpaired) electrons. The maximum atomic E-state index is 12.0. The smallest absolute Gasteiger partial charge is 0.307 e. The molecule has 0 spiro atoms. The summed E-state index contributed by atoms with van der Waals surface area (Å²) in [6, 6.07) is 0. The monoisotopic (exact) mass is 267 g/mol. The van der Waals surface area contributed by atoms with Crippen LogP contribution in [0.4, 0.5) is 5.13 Å². The topological polar surface area (TPSA) is 92.2 Å². The molecule has 2 N–H and O–H groups in total. The zero-order valence-electron chi connectivity index (χ0n) is 9.79. The van der Waals surface area contributed by atoms with E-state index in [9.17, 15) is 9.59 Å². The Morgan fingerprint density at radius 3 is 2.56 bits per heavy atom. The number of allylic oxidation sites excluding steroid dienone is 2. The van der Waals surface area contributed by atoms with E-state index in [2.05, 4.69) is 15.5 Å². The molecule has 1 aromatic rings. The van der Waals surface area contributed by atoms with Gasteiger partial charge in [0.15, 0.2) is 0 Å². The van der Waals surface area contributed by atoms with E-state index in [0.29, 0.717) is 18.0 Å². The molecule has 0 aromatic carbocycles. The molecule has 1 amide bonds. The third-order valence-electron chi connectivity index (χ3n) is 2.84. The number of nitrogens with zero attached hydrogens (tertiary/aromatic N) is 2. The Kier molecular flexibility index (Phi) is 3.71. The van der Waals surface area contributed by atoms with Gasteiger partial charge in [0, 0.05) is 0 Å². The van der Waals surface area contributed by atoms with Gasteiger partial charge in [-0.2, -0.15) is 0 Å². The number of amides is 1. The molecular formula is C11H13N3O3S. The van der Waals surface area contributed by atoms with Gasteiger partial charge in [0.1, 0.15) is 5.01 Å². The van der Waals surface area contributed by atoms with Crippen LogP contribution in [0, 0.1) is 18.8 Å². The van der Waals surface area contributed by atoms with Crippen molar-refractivity contribution in [1.82, 2.24) is 10.2 Å². The first-order chi connectivity index (χ1) is 8.58. The summed E-state index contributed by atoms with van der Waals surface area (Å²) in [4.78, 5) is 23.1. The standard InChI is InChI=1S/C11H13N3O3S/c1-6-13-14-11(18-6)12-9(15)7-4-2-3-5-8(7)10(16)17/h2-3,7-8H,4-5H2,1H3,(H,16,17)(H,12,14,15)/t7-,8-/m0/s1. The Morgan fingerprint density at radius 2 is 2.00 bits per heavy atom. The molecule has 6 nitrogen and oxygen atoms in total. The summed E-state index contributed by atoms with van der Waals surface area (Å²) in [7, 11) is 0. The molecule has 0 fully saturated rings. The van der Waals surface area contributed by atoms with Crippen molar-refractivity contribution in [3.05, 3.63) is 17.2 Å². The predicted octanol–water partition coefficient (Wildman–Crippen LogP) is 1.45. The van der Waals surface area contributed by atoms with E-state index in [4.69, 9.17) is 5.11 Å². The number of carboxylic acids is 1. The maximum Gasteiger partial charge on any atom is 0.307 e. The van der Waals surface area contributed by atoms with Gasteiger partial charge >= 0.3 is 5.97 Å². The molecule has 0 unspecified atom stereocenters. The van der Waals surface area contributed by atoms with E-state index >= 15 is 0 Å². The van der Waals surface area contributed by atoms with Gasteiger partial charge in [0.05, 0.1) is 11.8 Å². The van der Waals surface area contributed by atoms with E-state index in [0.717, 1.165) is 5.01 Å². The highest BCUT2D eigenvalue weighted by Crippen LogP contribution is 2.27. The molecule has 2 atom stereocenters. The van der Waals surface area contributed by atoms with E-state index in [1.807, 2.05) is 6.08 Å². The zero-order chi connectivity index (χ0) is 13.1. The molecule has 0 bridgehead atoms. The first-order valence-electron chi connectivity index (χ1n) is 5.56. The van der Waals surface area contributed by atoms with Gasteiger partial charge in [-0.1, -0.05) is 23.5 Å². The fourth-order valence-corrected chi connectivity index (χ4v) is 2.52. The fraction of sp³-hybridized carbons (Fsp3) is 0.455. The molecule has 0 saturated carbocycles. The summed E-state index contributed by atoms with van der Waals surface area (Å²) in [6.45, 7) is 1.79. The summed E-state index contributed by atoms with van der Waals surface area (Å²) in [5, 5.41) is 20.5. The van der Waals surface area contributed by atoms with Gasteiger partial charge in [-0.25, -0.2) is 0 Å². The van der Waals surface area contributed by atoms with Gasteiger partial charge in [-0.3, -0.25) is 9.59 Å². The molecule has 7 heteroatoms. The molecule has 0 aliphatic heterocycles. The number of carbonyl (C=O) groups is 2. The van der Waals surface area contributed by atoms with Gasteiger partial charge in [0.2, 0.25) is 11.0 Å². The predicted molar refractivity (Wildman–Crippen MR) is 66.3 cm³/mol. The van der Waals surface area contributed by atoms with Gasteiger partial charge in [-0.05, 0) is 19.8 Å². The van der Waals surface area contributed by atoms with Crippen LogP contribution in [0.1, 0.15) is 17.8 Å². The Bertz CT molecular complexity index is 497. The normalized spacial score (nSPS) is 22.7. The van der Waals surface area contributed by atoms with Crippen LogP contribution in [0.3, 0.4) is 0 Å². The van der Waals surface area contributed by atoms with Crippen LogP contribution in [0.5, 0.6) is 0 Å². The van der Waals surface area contributed by atoms with Crippen molar-refractivity contribution < 1.29 is 14.7 Å². The highest BCUT2D eigenvalue weighted by atomic mass is 32.1. The average molecular weight is 267 g/mol. The van der Waals surface area contributed by atoms with Crippen LogP contribution in [0.25, 0.3) is 0 Å². The second kappa shape index (κ2) is 5.26. The number of aryl methyl sites for hydroxylation is 1. The Morgan fingerprint density at radius 1 is 1.33 bits per heavy atom. The van der Waals surface area contributed by atoms with Crippen LogP contribution in [-0.4, -0.2) is 27.2 Å². The largest absolute Gasteiger partial charge is 0.481 e. The van der Waals surface area contributed by atoms with E-state index in [1.54, 1.807) is 13.0 Å². The highest BCUT2D eigenvalue weighted by Gasteiger charge is 2.34. The van der Waals surface area contributed by atoms with Crippen LogP contribution < -0.4 is 5.32 Å². The summed E-state index contributed by atoms with van der Waals surface area (Å²) >= 11 is 1.27. The summed E-state index contributed by atoms with van der Waals surface area (Å²) in [5.74, 6) is -2.45. The third kappa shape index (κ3) is 2.73. The number of hydrogen-bond donors (Lipinski definition) is 2. The lowest BCUT2D eigenvalue weighted by molar-refractivity contribution is -0.146. The van der Waals surface area contributed by atoms with Crippen molar-refractivity contribution in [3.63, 3.8) is 0 Å². The summed E-state index contributed by atoms with van der Waals surface area (Å²) in [5.41, 5.74) is 0. The van der Waals surface area contributed by atoms with E-state index < -0.39 is 17.8 Å². The van der Waals surface area contributed by atoms with Gasteiger partial charge in [0.25, 0.3) is 0 Å². The van der Waals surface area contributed by atoms with Crippen molar-refractivity contribution in [2.45, 2.75) is 19.8 Å². The summed E-state index contributed by atoms with van der Waals surface area (Å²) in [6.07, 6.45) is 4.48. The van der Waals surface area contributed by atoms with Gasteiger partial charge < -0.3 is 10.4 Å². The Hall–Kier alpha value is -1.76. The first kappa shape index (κ1) is 12.7. The van der Waals surface area contributed by atoms with E-state index in [-0.39, 0.29) is 5.91 Å². The lowest BCUT2D eigenvalue weighted by atomic mass is 9.82. The van der Waals surface area contributed by atoms with Crippen molar-refractivity contribution in [3.8, 4) is 0 Å². The van der Waals surface area contributed by atoms with Crippen LogP contribution in [0.15, 0.2) is 12.2 Å². The maximum absolute atomic E-state index is 12.0. The van der Waals surface area contributed by atoms with Crippen molar-refractivity contribution in [1.29, 1.82) is 0 Å². The molecule has 96 valence electrons. The minimum absolute atomic E-state index is 0.303. The summed E-state index contributed by atoms with van der Waals surface area (Å²) < 4.78 is 0. The molecule has 18 heavy (non-hydrogen) atoms. The molecule has 2 rings (SSSR count). The number of aromatic nitrogens is 2. The lowest BCUT2D eigenvalue weighted by Gasteiger charge is -2.23. The molecule has 1 aromatic heterocycles. The molecule has 1 heterocycles. The van der Waals surface area contributed by atoms with Gasteiger partial charge in [-0.15, -0.1) is 10.2 Å². The number of carbonyl (C=O) groups excluding carboxylic acids is 1. The minimum Gasteiger partial charge on any atom is -0.481 e. The third-order valence-corrected chi connectivity index (χ3v) is 3.60. The fourth-order valence-electron chi connectivity index (χ4n) is 1.92. The van der Waals surface area contributed by atoms with E-state index in [1.165, 1.54) is 11.3 Å². The lowest BCUT2D eigenvalue weighted by Crippen LogP contribution is -2.34. The molecule has 1 aliphatic rings. The van der Waals surface area contributed by atoms with Crippen molar-refractivity contribution in [2.75, 3.05) is 5.32 Å². The van der Waals surface area contributed by atoms with Crippen LogP contribution in [0.2, 0.25) is 0 Å². The van der Waals surface area contributed by atoms with Crippen LogP contribution >= 0.6 is 11.3 Å². The number of carboxylic acid groups (broad SMARTS) is 1. The number of anilines is 1. The average Bonchev–Trinajstić information content (AvgIpc) is 2.74. The Labute approximate surface area is 108 Å². The molecule has 0 saturated heterocycles. The van der Waals surface area contributed by atoms with Crippen LogP contribution in [-0.2, 0) is 9.59 Å². The number of aliphatic carboxylic acids is 1. The number of nitrogens with one attached hydrogen (secondary N) is 1. The first-order valence-corrected chi connectivity index (χ1v) is 6.38. The molecule has 1 aliphatic carbocycles. The molecular weight excluding hydrogens is 254 g/mol. The van der Waals surface area contributed by atoms with Crippen molar-refractivity contribution >= 4 is 28.3 Å². The SMILES string of the molecule is Cc1nnc(NC(=O)[C@H]2CC=CC[C@@H]2C(=O)O)s1. The van der Waals surface area contributed by atoms with Crippen molar-refractivity contribution in [2.24, 2.45) is 11.8 Å². The quantitative estimate of drug-likeness (QED) is 0.809. The number of rotatable bonds is 3. The number of hydrogen-bond acceptors (Lipinski definition) is 5. The second-order valence-corrected chi connectivity index (χ2v) is 5.29. The highest BCUT2D eigenvalue weighted by molar-refractivity contribution is 7.15. The minimum atomic E-state index is -0.937. The second-order valence-electron chi connectivity index (χ2n) is 4.11. The Balaban J connectivity index is 2.07.